The number of rotatable bonds is 4. The lowest BCUT2D eigenvalue weighted by Crippen LogP contribution is -2.17. The maximum atomic E-state index is 11.1. The van der Waals surface area contributed by atoms with Crippen molar-refractivity contribution in [3.63, 3.8) is 0 Å². The van der Waals surface area contributed by atoms with Gasteiger partial charge in [-0.25, -0.2) is 0 Å². The summed E-state index contributed by atoms with van der Waals surface area (Å²) in [7, 11) is 0. The Bertz CT molecular complexity index is 714. The summed E-state index contributed by atoms with van der Waals surface area (Å²) < 4.78 is 0. The number of hydrogen-bond donors (Lipinski definition) is 2. The first-order valence-corrected chi connectivity index (χ1v) is 6.77. The third-order valence-corrected chi connectivity index (χ3v) is 3.69. The van der Waals surface area contributed by atoms with E-state index in [4.69, 9.17) is 5.11 Å². The number of nitro groups is 1. The van der Waals surface area contributed by atoms with Gasteiger partial charge in [0.2, 0.25) is 0 Å². The van der Waals surface area contributed by atoms with E-state index < -0.39 is 4.92 Å². The molecular formula is C15H15N3O3. The van der Waals surface area contributed by atoms with Gasteiger partial charge in [0.05, 0.1) is 16.0 Å². The predicted molar refractivity (Wildman–Crippen MR) is 80.1 cm³/mol. The molecule has 1 aromatic heterocycles. The second kappa shape index (κ2) is 5.49. The minimum atomic E-state index is -0.398. The summed E-state index contributed by atoms with van der Waals surface area (Å²) in [5, 5.41) is 24.1. The summed E-state index contributed by atoms with van der Waals surface area (Å²) in [5.74, 6) is 0.166. The van der Waals surface area contributed by atoms with Crippen LogP contribution in [0.15, 0.2) is 42.6 Å². The van der Waals surface area contributed by atoms with E-state index >= 15 is 0 Å². The Morgan fingerprint density at radius 2 is 2.24 bits per heavy atom. The molecule has 6 nitrogen and oxygen atoms in total. The fourth-order valence-electron chi connectivity index (χ4n) is 2.65. The summed E-state index contributed by atoms with van der Waals surface area (Å²) in [5.41, 5.74) is 1.41. The number of aliphatic hydroxyl groups excluding tert-OH is 1. The van der Waals surface area contributed by atoms with Crippen LogP contribution >= 0.6 is 0 Å². The van der Waals surface area contributed by atoms with E-state index in [0.29, 0.717) is 10.9 Å². The number of aromatic nitrogens is 1. The molecule has 1 heterocycles. The zero-order valence-electron chi connectivity index (χ0n) is 11.3. The number of aliphatic hydroxyl groups is 1. The highest BCUT2D eigenvalue weighted by molar-refractivity contribution is 5.96. The van der Waals surface area contributed by atoms with Gasteiger partial charge in [-0.05, 0) is 24.6 Å². The lowest BCUT2D eigenvalue weighted by molar-refractivity contribution is -0.383. The quantitative estimate of drug-likeness (QED) is 0.512. The van der Waals surface area contributed by atoms with Crippen LogP contribution in [0, 0.1) is 16.0 Å². The second-order valence-corrected chi connectivity index (χ2v) is 5.10. The van der Waals surface area contributed by atoms with Gasteiger partial charge in [0.15, 0.2) is 0 Å². The molecule has 1 aliphatic rings. The number of nitrogens with zero attached hydrogens (tertiary/aromatic N) is 2. The molecule has 3 rings (SSSR count). The predicted octanol–water partition coefficient (Wildman–Crippen LogP) is 2.49. The molecule has 0 aliphatic heterocycles. The van der Waals surface area contributed by atoms with Crippen LogP contribution in [0.2, 0.25) is 0 Å². The molecule has 108 valence electrons. The molecule has 0 fully saturated rings. The first kappa shape index (κ1) is 13.5. The van der Waals surface area contributed by atoms with E-state index in [-0.39, 0.29) is 24.3 Å². The summed E-state index contributed by atoms with van der Waals surface area (Å²) in [6.07, 6.45) is 6.43. The van der Waals surface area contributed by atoms with Gasteiger partial charge < -0.3 is 10.4 Å². The molecule has 6 heteroatoms. The van der Waals surface area contributed by atoms with Gasteiger partial charge in [-0.3, -0.25) is 15.1 Å². The summed E-state index contributed by atoms with van der Waals surface area (Å²) in [6, 6.07) is 6.68. The third-order valence-electron chi connectivity index (χ3n) is 3.69. The van der Waals surface area contributed by atoms with Crippen molar-refractivity contribution < 1.29 is 10.0 Å². The van der Waals surface area contributed by atoms with Gasteiger partial charge >= 0.3 is 0 Å². The van der Waals surface area contributed by atoms with Gasteiger partial charge in [-0.15, -0.1) is 0 Å². The Hall–Kier alpha value is -2.47. The standard InChI is InChI=1S/C15H15N3O3/c19-9-10-3-4-11(8-10)17-13-5-6-14(18(20)21)12-2-1-7-16-15(12)13/h1-7,10-11,17,19H,8-9H2/t10-,11+/m1/s1. The van der Waals surface area contributed by atoms with E-state index in [9.17, 15) is 10.1 Å². The molecule has 2 atom stereocenters. The fraction of sp³-hybridized carbons (Fsp3) is 0.267. The normalized spacial score (nSPS) is 20.8. The molecule has 1 aliphatic carbocycles. The van der Waals surface area contributed by atoms with E-state index in [1.54, 1.807) is 24.4 Å². The highest BCUT2D eigenvalue weighted by atomic mass is 16.6. The van der Waals surface area contributed by atoms with E-state index in [1.165, 1.54) is 6.07 Å². The van der Waals surface area contributed by atoms with Crippen molar-refractivity contribution in [3.05, 3.63) is 52.7 Å². The average Bonchev–Trinajstić information content (AvgIpc) is 2.95. The van der Waals surface area contributed by atoms with Gasteiger partial charge in [0, 0.05) is 30.8 Å². The van der Waals surface area contributed by atoms with E-state index in [2.05, 4.69) is 10.3 Å². The number of pyridine rings is 1. The van der Waals surface area contributed by atoms with Crippen LogP contribution in [0.4, 0.5) is 11.4 Å². The number of nitrogens with one attached hydrogen (secondary N) is 1. The van der Waals surface area contributed by atoms with Crippen LogP contribution in [0.1, 0.15) is 6.42 Å². The number of benzene rings is 1. The Labute approximate surface area is 121 Å². The molecule has 1 aromatic carbocycles. The molecule has 0 saturated heterocycles. The Morgan fingerprint density at radius 3 is 2.95 bits per heavy atom. The number of fused-ring (bicyclic) bond motifs is 1. The van der Waals surface area contributed by atoms with Crippen molar-refractivity contribution in [2.45, 2.75) is 12.5 Å². The second-order valence-electron chi connectivity index (χ2n) is 5.10. The van der Waals surface area contributed by atoms with Gasteiger partial charge in [0.25, 0.3) is 5.69 Å². The average molecular weight is 285 g/mol. The molecule has 21 heavy (non-hydrogen) atoms. The smallest absolute Gasteiger partial charge is 0.278 e. The van der Waals surface area contributed by atoms with Crippen molar-refractivity contribution in [1.29, 1.82) is 0 Å². The zero-order valence-corrected chi connectivity index (χ0v) is 11.3. The zero-order chi connectivity index (χ0) is 14.8. The topological polar surface area (TPSA) is 88.3 Å². The number of hydrogen-bond acceptors (Lipinski definition) is 5. The Kier molecular flexibility index (Phi) is 3.53. The maximum Gasteiger partial charge on any atom is 0.278 e. The first-order chi connectivity index (χ1) is 10.2. The van der Waals surface area contributed by atoms with Crippen LogP contribution in [0.25, 0.3) is 10.9 Å². The van der Waals surface area contributed by atoms with Crippen molar-refractivity contribution >= 4 is 22.3 Å². The molecular weight excluding hydrogens is 270 g/mol. The van der Waals surface area contributed by atoms with Crippen molar-refractivity contribution in [3.8, 4) is 0 Å². The molecule has 0 saturated carbocycles. The highest BCUT2D eigenvalue weighted by Gasteiger charge is 2.20. The maximum absolute atomic E-state index is 11.1. The van der Waals surface area contributed by atoms with Crippen LogP contribution < -0.4 is 5.32 Å². The lowest BCUT2D eigenvalue weighted by Gasteiger charge is -2.15. The van der Waals surface area contributed by atoms with Crippen LogP contribution in [0.5, 0.6) is 0 Å². The minimum absolute atomic E-state index is 0.0545. The van der Waals surface area contributed by atoms with Crippen molar-refractivity contribution in [2.75, 3.05) is 11.9 Å². The van der Waals surface area contributed by atoms with E-state index in [0.717, 1.165) is 12.1 Å². The minimum Gasteiger partial charge on any atom is -0.396 e. The molecule has 0 amide bonds. The van der Waals surface area contributed by atoms with Crippen LogP contribution in [-0.4, -0.2) is 27.7 Å². The molecule has 2 aromatic rings. The lowest BCUT2D eigenvalue weighted by atomic mass is 10.1. The third kappa shape index (κ3) is 2.57. The van der Waals surface area contributed by atoms with Crippen molar-refractivity contribution in [2.24, 2.45) is 5.92 Å². The highest BCUT2D eigenvalue weighted by Crippen LogP contribution is 2.31. The monoisotopic (exact) mass is 285 g/mol. The molecule has 0 spiro atoms. The number of non-ortho nitro benzene ring substituents is 1. The van der Waals surface area contributed by atoms with Gasteiger partial charge in [-0.1, -0.05) is 12.2 Å². The summed E-state index contributed by atoms with van der Waals surface area (Å²) >= 11 is 0. The SMILES string of the molecule is O=[N+]([O-])c1ccc(N[C@H]2C=C[C@@H](CO)C2)c2ncccc12. The molecule has 2 N–H and O–H groups in total. The summed E-state index contributed by atoms with van der Waals surface area (Å²) in [4.78, 5) is 14.9. The number of anilines is 1. The van der Waals surface area contributed by atoms with Gasteiger partial charge in [-0.2, -0.15) is 0 Å². The van der Waals surface area contributed by atoms with Gasteiger partial charge in [0.1, 0.15) is 5.52 Å². The summed E-state index contributed by atoms with van der Waals surface area (Å²) in [6.45, 7) is 0.133. The number of nitro benzene ring substituents is 1. The van der Waals surface area contributed by atoms with Crippen LogP contribution in [0.3, 0.4) is 0 Å². The molecule has 0 bridgehead atoms. The fourth-order valence-corrected chi connectivity index (χ4v) is 2.65. The Balaban J connectivity index is 1.95. The molecule has 0 radical (unpaired) electrons. The van der Waals surface area contributed by atoms with Crippen molar-refractivity contribution in [1.82, 2.24) is 4.98 Å². The molecule has 0 unspecified atom stereocenters. The Morgan fingerprint density at radius 1 is 1.38 bits per heavy atom. The van der Waals surface area contributed by atoms with E-state index in [1.807, 2.05) is 12.2 Å². The largest absolute Gasteiger partial charge is 0.396 e. The first-order valence-electron chi connectivity index (χ1n) is 6.77. The van der Waals surface area contributed by atoms with Crippen LogP contribution in [-0.2, 0) is 0 Å².